The summed E-state index contributed by atoms with van der Waals surface area (Å²) in [6.07, 6.45) is 4.07. The molecule has 4 N–H and O–H groups in total. The number of aromatic amines is 1. The Morgan fingerprint density at radius 2 is 2.18 bits per heavy atom. The lowest BCUT2D eigenvalue weighted by Gasteiger charge is -2.07. The Balaban J connectivity index is 2.33. The molecule has 2 aromatic heterocycles. The number of aryl methyl sites for hydroxylation is 1. The fourth-order valence-corrected chi connectivity index (χ4v) is 2.29. The summed E-state index contributed by atoms with van der Waals surface area (Å²) in [7, 11) is -3.69. The molecule has 0 saturated heterocycles. The molecule has 0 saturated carbocycles. The minimum Gasteiger partial charge on any atom is -0.396 e. The van der Waals surface area contributed by atoms with E-state index in [0.717, 1.165) is 0 Å². The third-order valence-corrected chi connectivity index (χ3v) is 3.34. The summed E-state index contributed by atoms with van der Waals surface area (Å²) in [6, 6.07) is 1.48. The van der Waals surface area contributed by atoms with E-state index < -0.39 is 10.0 Å². The first-order valence-corrected chi connectivity index (χ1v) is 6.21. The van der Waals surface area contributed by atoms with Crippen LogP contribution < -0.4 is 10.5 Å². The smallest absolute Gasteiger partial charge is 0.279 e. The molecule has 0 aliphatic rings. The summed E-state index contributed by atoms with van der Waals surface area (Å²) in [5, 5.41) is -0.00814. The van der Waals surface area contributed by atoms with Crippen molar-refractivity contribution in [2.24, 2.45) is 0 Å². The summed E-state index contributed by atoms with van der Waals surface area (Å²) >= 11 is 0. The second-order valence-electron chi connectivity index (χ2n) is 3.40. The van der Waals surface area contributed by atoms with E-state index in [1.165, 1.54) is 24.7 Å². The number of pyridine rings is 1. The molecule has 0 bridgehead atoms. The van der Waals surface area contributed by atoms with Crippen LogP contribution in [0.15, 0.2) is 29.7 Å². The number of hydrogen-bond acceptors (Lipinski definition) is 5. The van der Waals surface area contributed by atoms with Crippen LogP contribution in [0, 0.1) is 6.92 Å². The van der Waals surface area contributed by atoms with Crippen molar-refractivity contribution >= 4 is 21.4 Å². The van der Waals surface area contributed by atoms with Crippen LogP contribution in [-0.2, 0) is 10.0 Å². The summed E-state index contributed by atoms with van der Waals surface area (Å²) in [5.41, 5.74) is 6.14. The summed E-state index contributed by atoms with van der Waals surface area (Å²) in [6.45, 7) is 1.67. The van der Waals surface area contributed by atoms with Crippen LogP contribution in [0.1, 0.15) is 5.82 Å². The highest BCUT2D eigenvalue weighted by Crippen LogP contribution is 2.19. The minimum absolute atomic E-state index is 0.00814. The lowest BCUT2D eigenvalue weighted by Crippen LogP contribution is -2.14. The number of nitrogens with two attached hydrogens (primary N) is 1. The van der Waals surface area contributed by atoms with E-state index in [9.17, 15) is 8.42 Å². The van der Waals surface area contributed by atoms with Gasteiger partial charge in [0.05, 0.1) is 23.8 Å². The number of anilines is 2. The van der Waals surface area contributed by atoms with Crippen molar-refractivity contribution < 1.29 is 8.42 Å². The maximum absolute atomic E-state index is 11.9. The highest BCUT2D eigenvalue weighted by molar-refractivity contribution is 7.92. The Labute approximate surface area is 98.2 Å². The molecule has 17 heavy (non-hydrogen) atoms. The molecule has 0 radical (unpaired) electrons. The van der Waals surface area contributed by atoms with E-state index in [1.807, 2.05) is 0 Å². The van der Waals surface area contributed by atoms with Gasteiger partial charge in [0.15, 0.2) is 5.03 Å². The van der Waals surface area contributed by atoms with Crippen molar-refractivity contribution in [3.05, 3.63) is 30.5 Å². The van der Waals surface area contributed by atoms with Crippen LogP contribution in [0.2, 0.25) is 0 Å². The number of H-pyrrole nitrogens is 1. The van der Waals surface area contributed by atoms with Crippen LogP contribution in [0.25, 0.3) is 0 Å². The molecular weight excluding hydrogens is 242 g/mol. The molecular formula is C9H11N5O2S. The summed E-state index contributed by atoms with van der Waals surface area (Å²) in [4.78, 5) is 10.2. The molecule has 0 fully saturated rings. The fourth-order valence-electron chi connectivity index (χ4n) is 1.23. The highest BCUT2D eigenvalue weighted by atomic mass is 32.2. The lowest BCUT2D eigenvalue weighted by molar-refractivity contribution is 0.598. The van der Waals surface area contributed by atoms with Gasteiger partial charge in [-0.15, -0.1) is 0 Å². The number of nitrogen functional groups attached to an aromatic ring is 1. The van der Waals surface area contributed by atoms with Gasteiger partial charge in [0, 0.05) is 6.20 Å². The van der Waals surface area contributed by atoms with Crippen LogP contribution in [0.5, 0.6) is 0 Å². The topological polar surface area (TPSA) is 114 Å². The van der Waals surface area contributed by atoms with Gasteiger partial charge in [0.1, 0.15) is 5.82 Å². The van der Waals surface area contributed by atoms with Crippen LogP contribution in [-0.4, -0.2) is 23.4 Å². The quantitative estimate of drug-likeness (QED) is 0.736. The van der Waals surface area contributed by atoms with Gasteiger partial charge in [0.2, 0.25) is 0 Å². The predicted molar refractivity (Wildman–Crippen MR) is 62.8 cm³/mol. The second kappa shape index (κ2) is 4.06. The van der Waals surface area contributed by atoms with Gasteiger partial charge < -0.3 is 10.7 Å². The zero-order valence-electron chi connectivity index (χ0n) is 9.01. The number of nitrogens with one attached hydrogen (secondary N) is 2. The molecule has 0 atom stereocenters. The fraction of sp³-hybridized carbons (Fsp3) is 0.111. The van der Waals surface area contributed by atoms with E-state index >= 15 is 0 Å². The summed E-state index contributed by atoms with van der Waals surface area (Å²) in [5.74, 6) is 0.521. The lowest BCUT2D eigenvalue weighted by atomic mass is 10.4. The molecule has 0 spiro atoms. The molecule has 0 aromatic carbocycles. The predicted octanol–water partition coefficient (Wildman–Crippen LogP) is 0.496. The molecule has 8 heteroatoms. The highest BCUT2D eigenvalue weighted by Gasteiger charge is 2.17. The van der Waals surface area contributed by atoms with Crippen molar-refractivity contribution in [3.8, 4) is 0 Å². The number of rotatable bonds is 3. The largest absolute Gasteiger partial charge is 0.396 e. The number of nitrogens with zero attached hydrogens (tertiary/aromatic N) is 2. The number of hydrogen-bond donors (Lipinski definition) is 3. The van der Waals surface area contributed by atoms with Gasteiger partial charge in [-0.25, -0.2) is 4.98 Å². The van der Waals surface area contributed by atoms with Crippen molar-refractivity contribution in [1.29, 1.82) is 0 Å². The van der Waals surface area contributed by atoms with Gasteiger partial charge >= 0.3 is 0 Å². The standard InChI is InChI=1S/C9H11N5O2S/c1-6-12-5-9(13-6)17(15,16)14-8-2-3-11-4-7(8)10/h2-5H,10H2,1H3,(H,11,14)(H,12,13). The second-order valence-corrected chi connectivity index (χ2v) is 5.05. The molecule has 7 nitrogen and oxygen atoms in total. The van der Waals surface area contributed by atoms with Gasteiger partial charge in [-0.1, -0.05) is 0 Å². The van der Waals surface area contributed by atoms with E-state index in [1.54, 1.807) is 6.92 Å². The van der Waals surface area contributed by atoms with Crippen LogP contribution >= 0.6 is 0 Å². The Kier molecular flexibility index (Phi) is 2.72. The molecule has 90 valence electrons. The molecule has 0 amide bonds. The Morgan fingerprint density at radius 1 is 1.41 bits per heavy atom. The van der Waals surface area contributed by atoms with Gasteiger partial charge in [-0.3, -0.25) is 9.71 Å². The average molecular weight is 253 g/mol. The van der Waals surface area contributed by atoms with Gasteiger partial charge in [0.25, 0.3) is 10.0 Å². The molecule has 2 rings (SSSR count). The van der Waals surface area contributed by atoms with Crippen LogP contribution in [0.4, 0.5) is 11.4 Å². The molecule has 0 aliphatic carbocycles. The first-order valence-electron chi connectivity index (χ1n) is 4.73. The average Bonchev–Trinajstić information content (AvgIpc) is 2.69. The third-order valence-electron chi connectivity index (χ3n) is 2.07. The Hall–Kier alpha value is -2.09. The first kappa shape index (κ1) is 11.4. The van der Waals surface area contributed by atoms with E-state index in [0.29, 0.717) is 5.82 Å². The van der Waals surface area contributed by atoms with Crippen molar-refractivity contribution in [1.82, 2.24) is 15.0 Å². The third kappa shape index (κ3) is 2.36. The first-order chi connectivity index (χ1) is 7.99. The van der Waals surface area contributed by atoms with Crippen molar-refractivity contribution in [2.45, 2.75) is 11.9 Å². The maximum atomic E-state index is 11.9. The number of aromatic nitrogens is 3. The maximum Gasteiger partial charge on any atom is 0.279 e. The molecule has 0 unspecified atom stereocenters. The van der Waals surface area contributed by atoms with Crippen LogP contribution in [0.3, 0.4) is 0 Å². The minimum atomic E-state index is -3.69. The zero-order chi connectivity index (χ0) is 12.5. The summed E-state index contributed by atoms with van der Waals surface area (Å²) < 4.78 is 26.2. The Bertz CT molecular complexity index is 634. The SMILES string of the molecule is Cc1ncc(S(=O)(=O)Nc2ccncc2N)[nH]1. The number of sulfonamides is 1. The molecule has 2 heterocycles. The number of imidazole rings is 1. The molecule has 2 aromatic rings. The van der Waals surface area contributed by atoms with E-state index in [-0.39, 0.29) is 16.4 Å². The van der Waals surface area contributed by atoms with Crippen molar-refractivity contribution in [3.63, 3.8) is 0 Å². The van der Waals surface area contributed by atoms with E-state index in [4.69, 9.17) is 5.73 Å². The zero-order valence-corrected chi connectivity index (χ0v) is 9.82. The van der Waals surface area contributed by atoms with Crippen molar-refractivity contribution in [2.75, 3.05) is 10.5 Å². The monoisotopic (exact) mass is 253 g/mol. The van der Waals surface area contributed by atoms with E-state index in [2.05, 4.69) is 19.7 Å². The normalized spacial score (nSPS) is 11.4. The van der Waals surface area contributed by atoms with Gasteiger partial charge in [-0.2, -0.15) is 8.42 Å². The van der Waals surface area contributed by atoms with Gasteiger partial charge in [-0.05, 0) is 13.0 Å². The molecule has 0 aliphatic heterocycles. The Morgan fingerprint density at radius 3 is 2.76 bits per heavy atom.